The van der Waals surface area contributed by atoms with E-state index < -0.39 is 0 Å². The van der Waals surface area contributed by atoms with Crippen LogP contribution in [-0.4, -0.2) is 33.2 Å². The number of hydrogen-bond donors (Lipinski definition) is 2. The molecule has 24 heavy (non-hydrogen) atoms. The van der Waals surface area contributed by atoms with Crippen LogP contribution in [0.1, 0.15) is 27.7 Å². The fourth-order valence-corrected chi connectivity index (χ4v) is 3.41. The van der Waals surface area contributed by atoms with E-state index in [0.29, 0.717) is 22.0 Å². The molecule has 1 amide bonds. The minimum absolute atomic E-state index is 0.124. The molecule has 1 atom stereocenters. The van der Waals surface area contributed by atoms with E-state index in [9.17, 15) is 9.90 Å². The number of aromatic amines is 1. The summed E-state index contributed by atoms with van der Waals surface area (Å²) in [5.41, 5.74) is 3.26. The van der Waals surface area contributed by atoms with Crippen molar-refractivity contribution in [2.75, 3.05) is 7.05 Å². The Morgan fingerprint density at radius 1 is 1.21 bits per heavy atom. The van der Waals surface area contributed by atoms with Gasteiger partial charge in [0.15, 0.2) is 0 Å². The van der Waals surface area contributed by atoms with Gasteiger partial charge in [0.2, 0.25) is 0 Å². The number of nitrogens with one attached hydrogen (secondary N) is 1. The topological polar surface area (TPSA) is 69.2 Å². The molecule has 2 aromatic carbocycles. The summed E-state index contributed by atoms with van der Waals surface area (Å²) in [7, 11) is 1.75. The maximum Gasteiger partial charge on any atom is 0.272 e. The normalized spacial score (nSPS) is 16.5. The lowest BCUT2D eigenvalue weighted by molar-refractivity contribution is 0.0788. The number of carbonyl (C=O) groups is 1. The van der Waals surface area contributed by atoms with Crippen molar-refractivity contribution in [1.29, 1.82) is 0 Å². The van der Waals surface area contributed by atoms with E-state index in [1.807, 2.05) is 24.3 Å². The molecule has 0 saturated carbocycles. The number of carbonyl (C=O) groups excluding carboxylic acids is 1. The number of hydrogen-bond acceptors (Lipinski definition) is 3. The Hall–Kier alpha value is -2.79. The van der Waals surface area contributed by atoms with Crippen LogP contribution in [0.4, 0.5) is 0 Å². The van der Waals surface area contributed by atoms with Crippen LogP contribution in [-0.2, 0) is 0 Å². The third-order valence-corrected chi connectivity index (χ3v) is 4.56. The maximum atomic E-state index is 12.6. The Morgan fingerprint density at radius 3 is 2.75 bits per heavy atom. The van der Waals surface area contributed by atoms with Gasteiger partial charge in [0, 0.05) is 23.2 Å². The first-order chi connectivity index (χ1) is 11.6. The number of benzene rings is 2. The molecule has 6 heteroatoms. The molecule has 2 N–H and O–H groups in total. The van der Waals surface area contributed by atoms with Gasteiger partial charge in [0.25, 0.3) is 5.91 Å². The van der Waals surface area contributed by atoms with Crippen molar-refractivity contribution in [2.45, 2.75) is 6.04 Å². The Kier molecular flexibility index (Phi) is 3.32. The van der Waals surface area contributed by atoms with Crippen molar-refractivity contribution >= 4 is 17.5 Å². The van der Waals surface area contributed by atoms with Crippen molar-refractivity contribution in [2.24, 2.45) is 0 Å². The number of phenolic OH excluding ortho intramolecular Hbond substituents is 1. The van der Waals surface area contributed by atoms with E-state index in [0.717, 1.165) is 11.1 Å². The first kappa shape index (κ1) is 14.8. The van der Waals surface area contributed by atoms with E-state index in [-0.39, 0.29) is 17.7 Å². The van der Waals surface area contributed by atoms with Gasteiger partial charge in [-0.2, -0.15) is 5.10 Å². The van der Waals surface area contributed by atoms with Crippen molar-refractivity contribution in [1.82, 2.24) is 15.1 Å². The second kappa shape index (κ2) is 5.39. The highest BCUT2D eigenvalue weighted by Gasteiger charge is 2.40. The molecule has 0 unspecified atom stereocenters. The van der Waals surface area contributed by atoms with Crippen LogP contribution >= 0.6 is 11.6 Å². The van der Waals surface area contributed by atoms with Crippen LogP contribution in [0, 0.1) is 0 Å². The van der Waals surface area contributed by atoms with Crippen LogP contribution in [0.25, 0.3) is 11.3 Å². The molecule has 3 aromatic rings. The molecule has 0 bridgehead atoms. The number of para-hydroxylation sites is 1. The number of rotatable bonds is 2. The lowest BCUT2D eigenvalue weighted by Gasteiger charge is -2.22. The zero-order chi connectivity index (χ0) is 16.8. The highest BCUT2D eigenvalue weighted by atomic mass is 35.5. The van der Waals surface area contributed by atoms with E-state index in [4.69, 9.17) is 11.6 Å². The molecule has 0 fully saturated rings. The summed E-state index contributed by atoms with van der Waals surface area (Å²) in [5.74, 6) is -0.0113. The van der Waals surface area contributed by atoms with Gasteiger partial charge >= 0.3 is 0 Å². The van der Waals surface area contributed by atoms with E-state index in [1.54, 1.807) is 36.2 Å². The SMILES string of the molecule is CN1C(=O)c2[nH]nc(-c3ccccc3O)c2[C@@H]1c1cccc(Cl)c1. The zero-order valence-electron chi connectivity index (χ0n) is 12.8. The van der Waals surface area contributed by atoms with Crippen molar-refractivity contribution in [3.63, 3.8) is 0 Å². The van der Waals surface area contributed by atoms with Crippen LogP contribution in [0.2, 0.25) is 5.02 Å². The fourth-order valence-electron chi connectivity index (χ4n) is 3.21. The highest BCUT2D eigenvalue weighted by molar-refractivity contribution is 6.30. The van der Waals surface area contributed by atoms with Gasteiger partial charge in [-0.25, -0.2) is 0 Å². The van der Waals surface area contributed by atoms with Gasteiger partial charge < -0.3 is 10.0 Å². The number of amides is 1. The van der Waals surface area contributed by atoms with Crippen LogP contribution in [0.15, 0.2) is 48.5 Å². The quantitative estimate of drug-likeness (QED) is 0.749. The fraction of sp³-hybridized carbons (Fsp3) is 0.111. The minimum Gasteiger partial charge on any atom is -0.507 e. The number of fused-ring (bicyclic) bond motifs is 1. The van der Waals surface area contributed by atoms with Gasteiger partial charge in [0.1, 0.15) is 17.1 Å². The predicted octanol–water partition coefficient (Wildman–Crippen LogP) is 3.61. The lowest BCUT2D eigenvalue weighted by Crippen LogP contribution is -2.24. The number of aromatic hydroxyl groups is 1. The molecule has 120 valence electrons. The second-order valence-corrected chi connectivity index (χ2v) is 6.19. The average Bonchev–Trinajstić information content (AvgIpc) is 3.08. The summed E-state index contributed by atoms with van der Waals surface area (Å²) in [6.07, 6.45) is 0. The summed E-state index contributed by atoms with van der Waals surface area (Å²) in [6.45, 7) is 0. The van der Waals surface area contributed by atoms with Gasteiger partial charge in [-0.3, -0.25) is 9.89 Å². The average molecular weight is 340 g/mol. The highest BCUT2D eigenvalue weighted by Crippen LogP contribution is 2.43. The lowest BCUT2D eigenvalue weighted by atomic mass is 9.96. The van der Waals surface area contributed by atoms with Crippen molar-refractivity contribution < 1.29 is 9.90 Å². The molecule has 0 radical (unpaired) electrons. The second-order valence-electron chi connectivity index (χ2n) is 5.75. The van der Waals surface area contributed by atoms with Crippen molar-refractivity contribution in [3.8, 4) is 17.0 Å². The number of nitrogens with zero attached hydrogens (tertiary/aromatic N) is 2. The van der Waals surface area contributed by atoms with Gasteiger partial charge in [-0.1, -0.05) is 35.9 Å². The Balaban J connectivity index is 1.94. The van der Waals surface area contributed by atoms with Crippen LogP contribution in [0.3, 0.4) is 0 Å². The molecular weight excluding hydrogens is 326 g/mol. The minimum atomic E-state index is -0.306. The van der Waals surface area contributed by atoms with Gasteiger partial charge in [-0.05, 0) is 29.8 Å². The Morgan fingerprint density at radius 2 is 2.00 bits per heavy atom. The molecule has 5 nitrogen and oxygen atoms in total. The standard InChI is InChI=1S/C18H14ClN3O2/c1-22-17(10-5-4-6-11(19)9-10)14-15(20-21-16(14)18(22)24)12-7-2-3-8-13(12)23/h2-9,17,23H,1H3,(H,20,21)/t17-/m0/s1. The summed E-state index contributed by atoms with van der Waals surface area (Å²) in [6, 6.07) is 14.1. The zero-order valence-corrected chi connectivity index (χ0v) is 13.6. The molecule has 1 aliphatic rings. The molecule has 2 heterocycles. The smallest absolute Gasteiger partial charge is 0.272 e. The van der Waals surface area contributed by atoms with Crippen LogP contribution in [0.5, 0.6) is 5.75 Å². The van der Waals surface area contributed by atoms with E-state index in [2.05, 4.69) is 10.2 Å². The maximum absolute atomic E-state index is 12.6. The van der Waals surface area contributed by atoms with Gasteiger partial charge in [-0.15, -0.1) is 0 Å². The summed E-state index contributed by atoms with van der Waals surface area (Å²) >= 11 is 6.12. The molecular formula is C18H14ClN3O2. The molecule has 1 aliphatic heterocycles. The number of H-pyrrole nitrogens is 1. The number of phenols is 1. The predicted molar refractivity (Wildman–Crippen MR) is 91.1 cm³/mol. The third-order valence-electron chi connectivity index (χ3n) is 4.32. The van der Waals surface area contributed by atoms with Crippen molar-refractivity contribution in [3.05, 3.63) is 70.4 Å². The monoisotopic (exact) mass is 339 g/mol. The van der Waals surface area contributed by atoms with E-state index >= 15 is 0 Å². The molecule has 4 rings (SSSR count). The number of aromatic nitrogens is 2. The largest absolute Gasteiger partial charge is 0.507 e. The summed E-state index contributed by atoms with van der Waals surface area (Å²) < 4.78 is 0. The third kappa shape index (κ3) is 2.09. The molecule has 0 spiro atoms. The van der Waals surface area contributed by atoms with E-state index in [1.165, 1.54) is 0 Å². The Labute approximate surface area is 143 Å². The molecule has 0 aliphatic carbocycles. The van der Waals surface area contributed by atoms with Gasteiger partial charge in [0.05, 0.1) is 6.04 Å². The first-order valence-corrected chi connectivity index (χ1v) is 7.85. The number of halogens is 1. The molecule has 0 saturated heterocycles. The van der Waals surface area contributed by atoms with Crippen LogP contribution < -0.4 is 0 Å². The Bertz CT molecular complexity index is 951. The summed E-state index contributed by atoms with van der Waals surface area (Å²) in [4.78, 5) is 14.2. The molecule has 1 aromatic heterocycles. The first-order valence-electron chi connectivity index (χ1n) is 7.47. The summed E-state index contributed by atoms with van der Waals surface area (Å²) in [5, 5.41) is 17.9.